The van der Waals surface area contributed by atoms with Crippen molar-refractivity contribution in [2.45, 2.75) is 46.3 Å². The van der Waals surface area contributed by atoms with Gasteiger partial charge in [0.25, 0.3) is 0 Å². The van der Waals surface area contributed by atoms with Gasteiger partial charge in [0.05, 0.1) is 6.04 Å². The van der Waals surface area contributed by atoms with Gasteiger partial charge in [0.2, 0.25) is 0 Å². The van der Waals surface area contributed by atoms with Crippen molar-refractivity contribution < 1.29 is 9.53 Å². The maximum atomic E-state index is 12.4. The molecule has 110 valence electrons. The van der Waals surface area contributed by atoms with Crippen LogP contribution in [-0.4, -0.2) is 16.5 Å². The van der Waals surface area contributed by atoms with Gasteiger partial charge in [-0.05, 0) is 57.4 Å². The molecule has 3 nitrogen and oxygen atoms in total. The van der Waals surface area contributed by atoms with Crippen LogP contribution in [-0.2, 0) is 9.53 Å². The summed E-state index contributed by atoms with van der Waals surface area (Å²) in [6.45, 7) is 9.94. The molecule has 2 aliphatic heterocycles. The minimum absolute atomic E-state index is 0.0151. The third-order valence-corrected chi connectivity index (χ3v) is 4.22. The highest BCUT2D eigenvalue weighted by Gasteiger charge is 2.49. The van der Waals surface area contributed by atoms with Gasteiger partial charge in [-0.2, -0.15) is 0 Å². The molecule has 0 radical (unpaired) electrons. The van der Waals surface area contributed by atoms with E-state index in [-0.39, 0.29) is 12.0 Å². The molecule has 0 N–H and O–H groups in total. The molecule has 0 saturated carbocycles. The largest absolute Gasteiger partial charge is 0.452 e. The highest BCUT2D eigenvalue weighted by Crippen LogP contribution is 2.48. The second-order valence-electron chi connectivity index (χ2n) is 6.53. The molecule has 1 saturated heterocycles. The van der Waals surface area contributed by atoms with E-state index < -0.39 is 5.60 Å². The summed E-state index contributed by atoms with van der Waals surface area (Å²) in [5.41, 5.74) is 4.58. The van der Waals surface area contributed by atoms with E-state index in [4.69, 9.17) is 4.74 Å². The summed E-state index contributed by atoms with van der Waals surface area (Å²) in [7, 11) is 0. The number of benzene rings is 1. The van der Waals surface area contributed by atoms with Crippen LogP contribution in [0.5, 0.6) is 0 Å². The lowest BCUT2D eigenvalue weighted by Crippen LogP contribution is -2.52. The number of hydrogen-bond donors (Lipinski definition) is 0. The zero-order valence-electron chi connectivity index (χ0n) is 13.2. The molecule has 0 bridgehead atoms. The molecule has 2 heterocycles. The number of allylic oxidation sites excluding steroid dienone is 2. The van der Waals surface area contributed by atoms with Gasteiger partial charge in [0.15, 0.2) is 0 Å². The summed E-state index contributed by atoms with van der Waals surface area (Å²) in [6.07, 6.45) is 2.14. The topological polar surface area (TPSA) is 29.5 Å². The quantitative estimate of drug-likeness (QED) is 0.532. The molecule has 0 spiro atoms. The Hall–Kier alpha value is -2.03. The highest BCUT2D eigenvalue weighted by atomic mass is 16.6. The summed E-state index contributed by atoms with van der Waals surface area (Å²) in [5.74, 6) is -0.233. The first-order valence-corrected chi connectivity index (χ1v) is 7.30. The maximum Gasteiger partial charge on any atom is 0.355 e. The van der Waals surface area contributed by atoms with Crippen LogP contribution in [0.2, 0.25) is 0 Å². The first-order valence-electron chi connectivity index (χ1n) is 7.30. The van der Waals surface area contributed by atoms with Crippen LogP contribution in [0.4, 0.5) is 0 Å². The molecule has 2 aliphatic rings. The molecule has 1 fully saturated rings. The molecule has 3 heteroatoms. The van der Waals surface area contributed by atoms with Gasteiger partial charge >= 0.3 is 5.97 Å². The summed E-state index contributed by atoms with van der Waals surface area (Å²) >= 11 is 0. The third-order valence-electron chi connectivity index (χ3n) is 4.22. The molecule has 1 aromatic rings. The Bertz CT molecular complexity index is 678. The number of carbonyl (C=O) groups excluding carboxylic acids is 1. The maximum absolute atomic E-state index is 12.4. The SMILES string of the molecule is CC1=Cc2ccccc2C2N1C(=C(C)C)C(=O)OC2(C)C. The Kier molecular flexibility index (Phi) is 2.97. The fourth-order valence-corrected chi connectivity index (χ4v) is 3.41. The molecule has 0 amide bonds. The fourth-order valence-electron chi connectivity index (χ4n) is 3.41. The van der Waals surface area contributed by atoms with Crippen molar-refractivity contribution in [3.63, 3.8) is 0 Å². The monoisotopic (exact) mass is 283 g/mol. The predicted molar refractivity (Wildman–Crippen MR) is 83.2 cm³/mol. The predicted octanol–water partition coefficient (Wildman–Crippen LogP) is 4.03. The number of cyclic esters (lactones) is 1. The molecule has 1 unspecified atom stereocenters. The average Bonchev–Trinajstić information content (AvgIpc) is 2.37. The van der Waals surface area contributed by atoms with Crippen molar-refractivity contribution in [3.8, 4) is 0 Å². The lowest BCUT2D eigenvalue weighted by molar-refractivity contribution is -0.169. The average molecular weight is 283 g/mol. The van der Waals surface area contributed by atoms with E-state index >= 15 is 0 Å². The summed E-state index contributed by atoms with van der Waals surface area (Å²) in [5, 5.41) is 0. The molecular weight excluding hydrogens is 262 g/mol. The van der Waals surface area contributed by atoms with Crippen LogP contribution in [0, 0.1) is 0 Å². The van der Waals surface area contributed by atoms with Crippen LogP contribution in [0.1, 0.15) is 51.8 Å². The third kappa shape index (κ3) is 1.99. The minimum atomic E-state index is -0.568. The van der Waals surface area contributed by atoms with Crippen molar-refractivity contribution in [1.29, 1.82) is 0 Å². The molecule has 0 aromatic heterocycles. The summed E-state index contributed by atoms with van der Waals surface area (Å²) in [4.78, 5) is 14.6. The van der Waals surface area contributed by atoms with E-state index in [0.29, 0.717) is 5.70 Å². The number of nitrogens with zero attached hydrogens (tertiary/aromatic N) is 1. The van der Waals surface area contributed by atoms with E-state index in [2.05, 4.69) is 30.0 Å². The van der Waals surface area contributed by atoms with Crippen LogP contribution in [0.3, 0.4) is 0 Å². The van der Waals surface area contributed by atoms with E-state index in [1.165, 1.54) is 11.1 Å². The smallest absolute Gasteiger partial charge is 0.355 e. The molecule has 1 atom stereocenters. The minimum Gasteiger partial charge on any atom is -0.452 e. The fraction of sp³-hybridized carbons (Fsp3) is 0.389. The Balaban J connectivity index is 2.28. The van der Waals surface area contributed by atoms with Gasteiger partial charge in [-0.25, -0.2) is 4.79 Å². The Morgan fingerprint density at radius 1 is 1.24 bits per heavy atom. The van der Waals surface area contributed by atoms with Gasteiger partial charge in [-0.1, -0.05) is 24.3 Å². The van der Waals surface area contributed by atoms with E-state index in [0.717, 1.165) is 11.3 Å². The Morgan fingerprint density at radius 3 is 2.57 bits per heavy atom. The van der Waals surface area contributed by atoms with Gasteiger partial charge < -0.3 is 9.64 Å². The lowest BCUT2D eigenvalue weighted by atomic mass is 9.82. The second kappa shape index (κ2) is 4.48. The van der Waals surface area contributed by atoms with Crippen molar-refractivity contribution in [3.05, 3.63) is 52.4 Å². The number of fused-ring (bicyclic) bond motifs is 3. The number of carbonyl (C=O) groups is 1. The van der Waals surface area contributed by atoms with Crippen molar-refractivity contribution in [2.75, 3.05) is 0 Å². The Morgan fingerprint density at radius 2 is 1.90 bits per heavy atom. The first-order chi connectivity index (χ1) is 9.83. The molecule has 1 aromatic carbocycles. The van der Waals surface area contributed by atoms with Crippen LogP contribution >= 0.6 is 0 Å². The standard InChI is InChI=1S/C18H21NO2/c1-11(2)15-17(20)21-18(4,5)16-14-9-7-6-8-13(14)10-12(3)19(15)16/h6-10,16H,1-5H3. The molecular formula is C18H21NO2. The molecule has 3 rings (SSSR count). The summed E-state index contributed by atoms with van der Waals surface area (Å²) in [6, 6.07) is 8.34. The zero-order chi connectivity index (χ0) is 15.4. The number of hydrogen-bond acceptors (Lipinski definition) is 3. The van der Waals surface area contributed by atoms with Crippen molar-refractivity contribution in [2.24, 2.45) is 0 Å². The van der Waals surface area contributed by atoms with E-state index in [1.807, 2.05) is 39.8 Å². The lowest BCUT2D eigenvalue weighted by Gasteiger charge is -2.50. The first kappa shape index (κ1) is 13.9. The van der Waals surface area contributed by atoms with Gasteiger partial charge in [-0.3, -0.25) is 0 Å². The number of morpholine rings is 1. The summed E-state index contributed by atoms with van der Waals surface area (Å²) < 4.78 is 5.76. The number of ether oxygens (including phenoxy) is 1. The zero-order valence-corrected chi connectivity index (χ0v) is 13.2. The van der Waals surface area contributed by atoms with Crippen molar-refractivity contribution in [1.82, 2.24) is 4.90 Å². The normalized spacial score (nSPS) is 23.0. The Labute approximate surface area is 125 Å². The van der Waals surface area contributed by atoms with Crippen LogP contribution < -0.4 is 0 Å². The van der Waals surface area contributed by atoms with Gasteiger partial charge in [0.1, 0.15) is 11.3 Å². The number of rotatable bonds is 0. The molecule has 21 heavy (non-hydrogen) atoms. The highest BCUT2D eigenvalue weighted by molar-refractivity contribution is 5.91. The van der Waals surface area contributed by atoms with Crippen LogP contribution in [0.15, 0.2) is 41.2 Å². The van der Waals surface area contributed by atoms with Gasteiger partial charge in [-0.15, -0.1) is 0 Å². The number of esters is 1. The van der Waals surface area contributed by atoms with E-state index in [9.17, 15) is 4.79 Å². The second-order valence-corrected chi connectivity index (χ2v) is 6.53. The van der Waals surface area contributed by atoms with Gasteiger partial charge in [0, 0.05) is 5.70 Å². The van der Waals surface area contributed by atoms with Crippen molar-refractivity contribution >= 4 is 12.0 Å². The molecule has 0 aliphatic carbocycles. The van der Waals surface area contributed by atoms with Crippen LogP contribution in [0.25, 0.3) is 6.08 Å². The van der Waals surface area contributed by atoms with E-state index in [1.54, 1.807) is 0 Å².